The average Bonchev–Trinajstić information content (AvgIpc) is 2.52. The maximum Gasteiger partial charge on any atom is 0.339 e. The van der Waals surface area contributed by atoms with Crippen molar-refractivity contribution in [2.75, 3.05) is 0 Å². The molecular formula is C16H15F2N3O2. The van der Waals surface area contributed by atoms with Crippen molar-refractivity contribution >= 4 is 18.1 Å². The van der Waals surface area contributed by atoms with Crippen molar-refractivity contribution in [2.24, 2.45) is 0 Å². The number of pyridine rings is 1. The summed E-state index contributed by atoms with van der Waals surface area (Å²) in [4.78, 5) is 23.0. The van der Waals surface area contributed by atoms with Crippen LogP contribution in [0.2, 0.25) is 0 Å². The van der Waals surface area contributed by atoms with Gasteiger partial charge in [-0.3, -0.25) is 4.98 Å². The number of nitrogens with zero attached hydrogens (tertiary/aromatic N) is 3. The van der Waals surface area contributed by atoms with Crippen molar-refractivity contribution < 1.29 is 18.7 Å². The van der Waals surface area contributed by atoms with E-state index in [2.05, 4.69) is 15.0 Å². The van der Waals surface area contributed by atoms with E-state index in [9.17, 15) is 13.6 Å². The number of alkyl halides is 2. The summed E-state index contributed by atoms with van der Waals surface area (Å²) in [5.41, 5.74) is 0.844. The quantitative estimate of drug-likeness (QED) is 0.907. The van der Waals surface area contributed by atoms with E-state index in [1.807, 2.05) is 13.8 Å². The lowest BCUT2D eigenvalue weighted by Crippen LogP contribution is -2.08. The Labute approximate surface area is 131 Å². The average molecular weight is 319 g/mol. The van der Waals surface area contributed by atoms with Gasteiger partial charge in [0.2, 0.25) is 0 Å². The van der Waals surface area contributed by atoms with Gasteiger partial charge in [-0.1, -0.05) is 19.9 Å². The van der Waals surface area contributed by atoms with Gasteiger partial charge in [0.05, 0.1) is 11.3 Å². The molecule has 2 aromatic heterocycles. The second kappa shape index (κ2) is 7.04. The lowest BCUT2D eigenvalue weighted by Gasteiger charge is -2.08. The lowest BCUT2D eigenvalue weighted by atomic mass is 10.1. The van der Waals surface area contributed by atoms with Crippen LogP contribution in [-0.4, -0.2) is 26.0 Å². The number of hydrogen-bond donors (Lipinski definition) is 1. The standard InChI is InChI=1S/C16H15F2N3O2/c1-9(2)14-11(16(22)23)8-20-13(21-14)6-4-10-3-5-12(15(17)18)19-7-10/h3-9,15H,1-2H3,(H,22,23). The molecule has 5 nitrogen and oxygen atoms in total. The molecule has 0 aromatic carbocycles. The molecule has 2 rings (SSSR count). The molecule has 7 heteroatoms. The summed E-state index contributed by atoms with van der Waals surface area (Å²) in [7, 11) is 0. The topological polar surface area (TPSA) is 76.0 Å². The zero-order valence-electron chi connectivity index (χ0n) is 12.6. The van der Waals surface area contributed by atoms with Crippen LogP contribution in [0.1, 0.15) is 59.3 Å². The van der Waals surface area contributed by atoms with Crippen molar-refractivity contribution in [1.82, 2.24) is 15.0 Å². The largest absolute Gasteiger partial charge is 0.478 e. The monoisotopic (exact) mass is 319 g/mol. The minimum atomic E-state index is -2.60. The van der Waals surface area contributed by atoms with Crippen molar-refractivity contribution in [3.05, 3.63) is 52.9 Å². The van der Waals surface area contributed by atoms with Crippen molar-refractivity contribution in [2.45, 2.75) is 26.2 Å². The molecule has 0 bridgehead atoms. The summed E-state index contributed by atoms with van der Waals surface area (Å²) in [6.07, 6.45) is 3.20. The van der Waals surface area contributed by atoms with E-state index in [1.54, 1.807) is 12.2 Å². The number of halogens is 2. The molecular weight excluding hydrogens is 304 g/mol. The van der Waals surface area contributed by atoms with E-state index in [0.29, 0.717) is 17.1 Å². The molecule has 2 heterocycles. The first-order valence-corrected chi connectivity index (χ1v) is 6.91. The Morgan fingerprint density at radius 2 is 1.91 bits per heavy atom. The van der Waals surface area contributed by atoms with Crippen LogP contribution in [0.15, 0.2) is 24.5 Å². The third-order valence-corrected chi connectivity index (χ3v) is 3.07. The molecule has 0 unspecified atom stereocenters. The summed E-state index contributed by atoms with van der Waals surface area (Å²) in [5, 5.41) is 9.12. The van der Waals surface area contributed by atoms with Crippen LogP contribution in [-0.2, 0) is 0 Å². The van der Waals surface area contributed by atoms with Gasteiger partial charge in [-0.05, 0) is 29.7 Å². The van der Waals surface area contributed by atoms with Gasteiger partial charge in [-0.15, -0.1) is 0 Å². The van der Waals surface area contributed by atoms with Crippen LogP contribution in [0.25, 0.3) is 12.2 Å². The fourth-order valence-corrected chi connectivity index (χ4v) is 1.91. The molecule has 120 valence electrons. The lowest BCUT2D eigenvalue weighted by molar-refractivity contribution is 0.0694. The fraction of sp³-hybridized carbons (Fsp3) is 0.250. The Morgan fingerprint density at radius 1 is 1.17 bits per heavy atom. The first-order valence-electron chi connectivity index (χ1n) is 6.91. The number of aromatic nitrogens is 3. The SMILES string of the molecule is CC(C)c1nc(C=Cc2ccc(C(F)F)nc2)ncc1C(=O)O. The predicted molar refractivity (Wildman–Crippen MR) is 81.2 cm³/mol. The van der Waals surface area contributed by atoms with Gasteiger partial charge in [0.25, 0.3) is 6.43 Å². The third-order valence-electron chi connectivity index (χ3n) is 3.07. The fourth-order valence-electron chi connectivity index (χ4n) is 1.91. The van der Waals surface area contributed by atoms with Crippen LogP contribution < -0.4 is 0 Å². The zero-order chi connectivity index (χ0) is 17.0. The van der Waals surface area contributed by atoms with E-state index in [0.717, 1.165) is 0 Å². The van der Waals surface area contributed by atoms with Gasteiger partial charge >= 0.3 is 5.97 Å². The number of carboxylic acids is 1. The molecule has 0 fully saturated rings. The summed E-state index contributed by atoms with van der Waals surface area (Å²) in [6, 6.07) is 2.76. The van der Waals surface area contributed by atoms with Crippen LogP contribution in [0.4, 0.5) is 8.78 Å². The number of rotatable bonds is 5. The van der Waals surface area contributed by atoms with Crippen molar-refractivity contribution in [3.63, 3.8) is 0 Å². The van der Waals surface area contributed by atoms with Gasteiger partial charge in [0.1, 0.15) is 5.69 Å². The Morgan fingerprint density at radius 3 is 2.43 bits per heavy atom. The molecule has 1 N–H and O–H groups in total. The molecule has 0 spiro atoms. The summed E-state index contributed by atoms with van der Waals surface area (Å²) < 4.78 is 24.8. The third kappa shape index (κ3) is 4.15. The molecule has 0 amide bonds. The van der Waals surface area contributed by atoms with Crippen molar-refractivity contribution in [1.29, 1.82) is 0 Å². The Bertz CT molecular complexity index is 729. The first kappa shape index (κ1) is 16.7. The van der Waals surface area contributed by atoms with Gasteiger partial charge in [0.15, 0.2) is 5.82 Å². The molecule has 2 aromatic rings. The van der Waals surface area contributed by atoms with Crippen LogP contribution >= 0.6 is 0 Å². The number of aromatic carboxylic acids is 1. The van der Waals surface area contributed by atoms with E-state index < -0.39 is 12.4 Å². The molecule has 0 aliphatic carbocycles. The predicted octanol–water partition coefficient (Wildman–Crippen LogP) is 3.80. The highest BCUT2D eigenvalue weighted by Crippen LogP contribution is 2.18. The van der Waals surface area contributed by atoms with Crippen LogP contribution in [0.5, 0.6) is 0 Å². The molecule has 0 saturated carbocycles. The van der Waals surface area contributed by atoms with Gasteiger partial charge in [0, 0.05) is 12.4 Å². The van der Waals surface area contributed by atoms with E-state index in [4.69, 9.17) is 5.11 Å². The zero-order valence-corrected chi connectivity index (χ0v) is 12.6. The number of hydrogen-bond acceptors (Lipinski definition) is 4. The molecule has 0 aliphatic heterocycles. The molecule has 0 atom stereocenters. The van der Waals surface area contributed by atoms with E-state index in [-0.39, 0.29) is 17.2 Å². The minimum absolute atomic E-state index is 0.0664. The van der Waals surface area contributed by atoms with Gasteiger partial charge in [-0.25, -0.2) is 23.5 Å². The second-order valence-corrected chi connectivity index (χ2v) is 5.14. The van der Waals surface area contributed by atoms with Gasteiger partial charge in [-0.2, -0.15) is 0 Å². The summed E-state index contributed by atoms with van der Waals surface area (Å²) in [5.74, 6) is -0.795. The first-order chi connectivity index (χ1) is 10.9. The minimum Gasteiger partial charge on any atom is -0.478 e. The number of carbonyl (C=O) groups is 1. The van der Waals surface area contributed by atoms with Crippen LogP contribution in [0, 0.1) is 0 Å². The van der Waals surface area contributed by atoms with Crippen molar-refractivity contribution in [3.8, 4) is 0 Å². The Balaban J connectivity index is 2.25. The smallest absolute Gasteiger partial charge is 0.339 e. The van der Waals surface area contributed by atoms with E-state index >= 15 is 0 Å². The molecule has 0 aliphatic rings. The van der Waals surface area contributed by atoms with Crippen LogP contribution in [0.3, 0.4) is 0 Å². The van der Waals surface area contributed by atoms with E-state index in [1.165, 1.54) is 24.5 Å². The summed E-state index contributed by atoms with van der Waals surface area (Å²) >= 11 is 0. The Kier molecular flexibility index (Phi) is 5.10. The summed E-state index contributed by atoms with van der Waals surface area (Å²) in [6.45, 7) is 3.69. The highest BCUT2D eigenvalue weighted by molar-refractivity contribution is 5.88. The molecule has 0 radical (unpaired) electrons. The maximum absolute atomic E-state index is 12.4. The Hall–Kier alpha value is -2.70. The normalized spacial score (nSPS) is 11.6. The molecule has 0 saturated heterocycles. The van der Waals surface area contributed by atoms with Gasteiger partial charge < -0.3 is 5.11 Å². The second-order valence-electron chi connectivity index (χ2n) is 5.14. The highest BCUT2D eigenvalue weighted by atomic mass is 19.3. The molecule has 23 heavy (non-hydrogen) atoms. The highest BCUT2D eigenvalue weighted by Gasteiger charge is 2.15. The number of carboxylic acid groups (broad SMARTS) is 1. The maximum atomic E-state index is 12.4.